The maximum absolute atomic E-state index is 14.8. The topological polar surface area (TPSA) is 101 Å². The molecule has 4 amide bonds. The number of para-hydroxylation sites is 2. The van der Waals surface area contributed by atoms with Crippen LogP contribution in [0, 0.1) is 6.92 Å². The minimum absolute atomic E-state index is 0.0702. The lowest BCUT2D eigenvalue weighted by molar-refractivity contribution is 0.0877. The summed E-state index contributed by atoms with van der Waals surface area (Å²) in [5.41, 5.74) is 15.1. The smallest absolute Gasteiger partial charge is 0.266 e. The molecular weight excluding hydrogens is 695 g/mol. The van der Waals surface area contributed by atoms with Crippen molar-refractivity contribution in [3.8, 4) is 0 Å². The predicted molar refractivity (Wildman–Crippen MR) is 228 cm³/mol. The Bertz CT molecular complexity index is 2680. The van der Waals surface area contributed by atoms with E-state index in [-0.39, 0.29) is 41.4 Å². The van der Waals surface area contributed by atoms with Gasteiger partial charge in [0.05, 0.1) is 16.9 Å². The number of nitrogen functional groups attached to an aromatic ring is 1. The van der Waals surface area contributed by atoms with Crippen molar-refractivity contribution in [2.75, 3.05) is 15.5 Å². The van der Waals surface area contributed by atoms with Crippen LogP contribution in [0.5, 0.6) is 0 Å². The zero-order chi connectivity index (χ0) is 39.8. The van der Waals surface area contributed by atoms with Gasteiger partial charge in [0.1, 0.15) is 0 Å². The number of nitrogens with two attached hydrogens (primary N) is 1. The number of aryl methyl sites for hydroxylation is 1. The van der Waals surface area contributed by atoms with Crippen molar-refractivity contribution in [1.82, 2.24) is 0 Å². The molecule has 2 N–H and O–H groups in total. The normalized spacial score (nSPS) is 14.6. The lowest BCUT2D eigenvalue weighted by Gasteiger charge is -2.34. The fourth-order valence-corrected chi connectivity index (χ4v) is 9.65. The van der Waals surface area contributed by atoms with Gasteiger partial charge in [0.25, 0.3) is 23.6 Å². The van der Waals surface area contributed by atoms with E-state index >= 15 is 0 Å². The van der Waals surface area contributed by atoms with Crippen molar-refractivity contribution in [3.05, 3.63) is 123 Å². The van der Waals surface area contributed by atoms with Crippen LogP contribution in [0.3, 0.4) is 0 Å². The fraction of sp³-hybridized carbons (Fsp3) is 0.265. The van der Waals surface area contributed by atoms with Gasteiger partial charge >= 0.3 is 0 Å². The molecule has 0 atom stereocenters. The van der Waals surface area contributed by atoms with E-state index in [0.717, 1.165) is 54.7 Å². The summed E-state index contributed by atoms with van der Waals surface area (Å²) in [7, 11) is 0. The molecule has 2 heterocycles. The lowest BCUT2D eigenvalue weighted by Crippen LogP contribution is -2.42. The molecule has 0 saturated carbocycles. The van der Waals surface area contributed by atoms with E-state index in [0.29, 0.717) is 55.5 Å². The lowest BCUT2D eigenvalue weighted by atomic mass is 9.80. The van der Waals surface area contributed by atoms with Gasteiger partial charge in [0, 0.05) is 43.9 Å². The first-order chi connectivity index (χ1) is 26.6. The minimum atomic E-state index is -0.403. The summed E-state index contributed by atoms with van der Waals surface area (Å²) in [5.74, 6) is -1.18. The van der Waals surface area contributed by atoms with Gasteiger partial charge < -0.3 is 5.73 Å². The fourth-order valence-electron chi connectivity index (χ4n) is 9.65. The van der Waals surface area contributed by atoms with Crippen molar-refractivity contribution in [1.29, 1.82) is 0 Å². The monoisotopic (exact) mass is 739 g/mol. The highest BCUT2D eigenvalue weighted by Crippen LogP contribution is 2.51. The Morgan fingerprint density at radius 2 is 0.786 bits per heavy atom. The second-order valence-electron chi connectivity index (χ2n) is 16.9. The van der Waals surface area contributed by atoms with Gasteiger partial charge in [-0.25, -0.2) is 9.80 Å². The van der Waals surface area contributed by atoms with Crippen LogP contribution in [0.4, 0.5) is 17.1 Å². The highest BCUT2D eigenvalue weighted by molar-refractivity contribution is 6.47. The Hall–Kier alpha value is -6.08. The predicted octanol–water partition coefficient (Wildman–Crippen LogP) is 11.7. The second-order valence-corrected chi connectivity index (χ2v) is 16.9. The second kappa shape index (κ2) is 12.2. The van der Waals surface area contributed by atoms with Gasteiger partial charge in [-0.2, -0.15) is 0 Å². The number of carbonyl (C=O) groups excluding carboxylic acids is 4. The summed E-state index contributed by atoms with van der Waals surface area (Å²) in [6.45, 7) is 18.6. The maximum Gasteiger partial charge on any atom is 0.266 e. The van der Waals surface area contributed by atoms with E-state index < -0.39 is 5.91 Å². The Morgan fingerprint density at radius 3 is 1.20 bits per heavy atom. The standard InChI is InChI=1S/C49H45N3O4/c1-22(2)27-12-10-13-28(23(3)4)44(27)51-46(53)33-19-17-32-41-37(50)21-36-40-34(18-16-31(43(40)41)38-26(9)20-35(48(51)55)39(33)42(32)38)47(54)52(49(36)56)45-29(24(5)6)14-11-15-30(45)25(7)8/h10-25H,50H2,1-9H3. The number of nitrogens with zero attached hydrogens (tertiary/aromatic N) is 2. The molecule has 7 nitrogen and oxygen atoms in total. The summed E-state index contributed by atoms with van der Waals surface area (Å²) in [4.78, 5) is 61.9. The SMILES string of the molecule is Cc1cc2c3c(ccc4c5c(N)cc6c7c(ccc(c1c34)c75)C(=O)N(c1c(C(C)C)cccc1C(C)C)C6=O)C(=O)N(c1c(C(C)C)cccc1C(C)C)C2=O. The Labute approximate surface area is 326 Å². The number of imide groups is 2. The molecule has 9 rings (SSSR count). The average molecular weight is 740 g/mol. The average Bonchev–Trinajstić information content (AvgIpc) is 3.15. The van der Waals surface area contributed by atoms with Crippen LogP contribution < -0.4 is 15.5 Å². The van der Waals surface area contributed by atoms with Crippen molar-refractivity contribution < 1.29 is 19.2 Å². The number of rotatable bonds is 6. The number of fused-ring (bicyclic) bond motifs is 2. The molecular formula is C49H45N3O4. The number of anilines is 3. The highest BCUT2D eigenvalue weighted by atomic mass is 16.2. The first-order valence-corrected chi connectivity index (χ1v) is 19.7. The summed E-state index contributed by atoms with van der Waals surface area (Å²) in [6, 6.07) is 23.1. The van der Waals surface area contributed by atoms with E-state index in [1.807, 2.05) is 73.7 Å². The van der Waals surface area contributed by atoms with Crippen molar-refractivity contribution in [3.63, 3.8) is 0 Å². The largest absolute Gasteiger partial charge is 0.398 e. The van der Waals surface area contributed by atoms with Crippen molar-refractivity contribution in [2.24, 2.45) is 0 Å². The van der Waals surface area contributed by atoms with Gasteiger partial charge in [0.15, 0.2) is 0 Å². The molecule has 7 aromatic rings. The van der Waals surface area contributed by atoms with E-state index in [1.54, 1.807) is 6.07 Å². The molecule has 0 spiro atoms. The number of amides is 4. The Morgan fingerprint density at radius 1 is 0.429 bits per heavy atom. The van der Waals surface area contributed by atoms with Crippen LogP contribution in [-0.4, -0.2) is 23.6 Å². The van der Waals surface area contributed by atoms with Crippen LogP contribution >= 0.6 is 0 Å². The third kappa shape index (κ3) is 4.57. The van der Waals surface area contributed by atoms with Gasteiger partial charge in [-0.1, -0.05) is 104 Å². The first-order valence-electron chi connectivity index (χ1n) is 19.7. The third-order valence-corrected chi connectivity index (χ3v) is 12.2. The molecule has 0 unspecified atom stereocenters. The summed E-state index contributed by atoms with van der Waals surface area (Å²) < 4.78 is 0. The third-order valence-electron chi connectivity index (χ3n) is 12.2. The zero-order valence-corrected chi connectivity index (χ0v) is 33.3. The molecule has 280 valence electrons. The molecule has 0 aliphatic carbocycles. The summed E-state index contributed by atoms with van der Waals surface area (Å²) >= 11 is 0. The first kappa shape index (κ1) is 35.6. The van der Waals surface area contributed by atoms with Gasteiger partial charge in [-0.05, 0) is 104 Å². The summed E-state index contributed by atoms with van der Waals surface area (Å²) in [5, 5.41) is 5.85. The summed E-state index contributed by atoms with van der Waals surface area (Å²) in [6.07, 6.45) is 0. The van der Waals surface area contributed by atoms with Gasteiger partial charge in [-0.3, -0.25) is 19.2 Å². The Kier molecular flexibility index (Phi) is 7.76. The highest BCUT2D eigenvalue weighted by Gasteiger charge is 2.41. The maximum atomic E-state index is 14.8. The minimum Gasteiger partial charge on any atom is -0.398 e. The molecule has 56 heavy (non-hydrogen) atoms. The van der Waals surface area contributed by atoms with Crippen molar-refractivity contribution in [2.45, 2.75) is 86.0 Å². The zero-order valence-electron chi connectivity index (χ0n) is 33.3. The molecule has 0 fully saturated rings. The van der Waals surface area contributed by atoms with Crippen LogP contribution in [0.15, 0.2) is 72.8 Å². The van der Waals surface area contributed by atoms with Crippen LogP contribution in [-0.2, 0) is 0 Å². The van der Waals surface area contributed by atoms with Gasteiger partial charge in [0.2, 0.25) is 0 Å². The molecule has 0 aromatic heterocycles. The molecule has 2 aliphatic heterocycles. The number of benzene rings is 7. The van der Waals surface area contributed by atoms with Crippen LogP contribution in [0.2, 0.25) is 0 Å². The van der Waals surface area contributed by atoms with Crippen LogP contribution in [0.25, 0.3) is 43.1 Å². The molecule has 7 heteroatoms. The Balaban J connectivity index is 1.33. The van der Waals surface area contributed by atoms with Crippen molar-refractivity contribution >= 4 is 83.8 Å². The van der Waals surface area contributed by atoms with Gasteiger partial charge in [-0.15, -0.1) is 0 Å². The van der Waals surface area contributed by atoms with E-state index in [4.69, 9.17) is 5.73 Å². The number of carbonyl (C=O) groups is 4. The van der Waals surface area contributed by atoms with E-state index in [9.17, 15) is 19.2 Å². The number of hydrogen-bond acceptors (Lipinski definition) is 5. The molecule has 0 radical (unpaired) electrons. The molecule has 2 aliphatic rings. The quantitative estimate of drug-likeness (QED) is 0.0792. The van der Waals surface area contributed by atoms with E-state index in [1.165, 1.54) is 9.80 Å². The van der Waals surface area contributed by atoms with E-state index in [2.05, 4.69) is 55.4 Å². The molecule has 0 saturated heterocycles. The molecule has 7 aromatic carbocycles. The molecule has 0 bridgehead atoms. The number of hydrogen-bond donors (Lipinski definition) is 1. The van der Waals surface area contributed by atoms with Crippen LogP contribution in [0.1, 0.15) is 148 Å².